The van der Waals surface area contributed by atoms with Crippen molar-refractivity contribution in [2.45, 2.75) is 6.92 Å². The normalized spacial score (nSPS) is 10.8. The number of phenols is 1. The molecule has 0 radical (unpaired) electrons. The van der Waals surface area contributed by atoms with E-state index in [0.717, 1.165) is 15.8 Å². The summed E-state index contributed by atoms with van der Waals surface area (Å²) in [5.74, 6) is -0.572. The van der Waals surface area contributed by atoms with Gasteiger partial charge >= 0.3 is 0 Å². The standard InChI is InChI=1S/C15H11ClN2O2S/c1-8-2-5-11-13(6-8)21-15(17-11)18-14(20)10-4-3-9(16)7-12(10)19/h2-7,19H,1H3,(H,17,18,20). The van der Waals surface area contributed by atoms with Crippen molar-refractivity contribution in [3.05, 3.63) is 52.5 Å². The van der Waals surface area contributed by atoms with Gasteiger partial charge < -0.3 is 5.11 Å². The number of rotatable bonds is 2. The average molecular weight is 319 g/mol. The summed E-state index contributed by atoms with van der Waals surface area (Å²) in [7, 11) is 0. The van der Waals surface area contributed by atoms with E-state index in [4.69, 9.17) is 11.6 Å². The molecule has 0 spiro atoms. The van der Waals surface area contributed by atoms with Crippen molar-refractivity contribution in [1.29, 1.82) is 0 Å². The van der Waals surface area contributed by atoms with Crippen LogP contribution in [0.25, 0.3) is 10.2 Å². The lowest BCUT2D eigenvalue weighted by Gasteiger charge is -2.04. The molecular formula is C15H11ClN2O2S. The van der Waals surface area contributed by atoms with Gasteiger partial charge in [-0.2, -0.15) is 0 Å². The van der Waals surface area contributed by atoms with Gasteiger partial charge in [-0.25, -0.2) is 4.98 Å². The minimum atomic E-state index is -0.417. The molecule has 4 nitrogen and oxygen atoms in total. The van der Waals surface area contributed by atoms with E-state index in [1.54, 1.807) is 6.07 Å². The number of aryl methyl sites for hydroxylation is 1. The van der Waals surface area contributed by atoms with Crippen LogP contribution in [0.15, 0.2) is 36.4 Å². The zero-order valence-electron chi connectivity index (χ0n) is 11.1. The van der Waals surface area contributed by atoms with Crippen LogP contribution in [0, 0.1) is 6.92 Å². The Kier molecular flexibility index (Phi) is 3.53. The number of aromatic hydroxyl groups is 1. The van der Waals surface area contributed by atoms with Gasteiger partial charge in [0.05, 0.1) is 15.8 Å². The Morgan fingerprint density at radius 2 is 2.10 bits per heavy atom. The summed E-state index contributed by atoms with van der Waals surface area (Å²) in [6.07, 6.45) is 0. The smallest absolute Gasteiger partial charge is 0.261 e. The Morgan fingerprint density at radius 3 is 2.86 bits per heavy atom. The summed E-state index contributed by atoms with van der Waals surface area (Å²) in [6.45, 7) is 2.00. The summed E-state index contributed by atoms with van der Waals surface area (Å²) in [5, 5.41) is 13.3. The summed E-state index contributed by atoms with van der Waals surface area (Å²) < 4.78 is 1.01. The van der Waals surface area contributed by atoms with E-state index in [2.05, 4.69) is 10.3 Å². The molecule has 0 atom stereocenters. The molecule has 2 N–H and O–H groups in total. The van der Waals surface area contributed by atoms with Crippen LogP contribution in [0.5, 0.6) is 5.75 Å². The molecule has 2 aromatic carbocycles. The Labute approximate surface area is 130 Å². The molecule has 106 valence electrons. The van der Waals surface area contributed by atoms with Crippen molar-refractivity contribution < 1.29 is 9.90 Å². The first-order valence-corrected chi connectivity index (χ1v) is 7.39. The molecule has 0 bridgehead atoms. The third-order valence-electron chi connectivity index (χ3n) is 2.97. The molecule has 6 heteroatoms. The van der Waals surface area contributed by atoms with Crippen molar-refractivity contribution in [1.82, 2.24) is 4.98 Å². The van der Waals surface area contributed by atoms with E-state index in [1.165, 1.54) is 23.5 Å². The number of aromatic nitrogens is 1. The number of thiazole rings is 1. The molecule has 0 unspecified atom stereocenters. The lowest BCUT2D eigenvalue weighted by atomic mass is 10.2. The maximum Gasteiger partial charge on any atom is 0.261 e. The Hall–Kier alpha value is -2.11. The highest BCUT2D eigenvalue weighted by Crippen LogP contribution is 2.28. The first-order valence-electron chi connectivity index (χ1n) is 6.20. The Morgan fingerprint density at radius 1 is 1.29 bits per heavy atom. The zero-order valence-corrected chi connectivity index (χ0v) is 12.6. The SMILES string of the molecule is Cc1ccc2nc(NC(=O)c3ccc(Cl)cc3O)sc2c1. The molecule has 0 aliphatic carbocycles. The molecule has 3 rings (SSSR count). The van der Waals surface area contributed by atoms with Gasteiger partial charge in [-0.3, -0.25) is 10.1 Å². The fourth-order valence-electron chi connectivity index (χ4n) is 1.95. The Balaban J connectivity index is 1.89. The van der Waals surface area contributed by atoms with Gasteiger partial charge in [-0.05, 0) is 42.8 Å². The van der Waals surface area contributed by atoms with Gasteiger partial charge in [-0.1, -0.05) is 29.0 Å². The zero-order chi connectivity index (χ0) is 15.0. The molecule has 1 aromatic heterocycles. The number of amides is 1. The molecule has 0 aliphatic rings. The fraction of sp³-hybridized carbons (Fsp3) is 0.0667. The number of nitrogens with zero attached hydrogens (tertiary/aromatic N) is 1. The van der Waals surface area contributed by atoms with Crippen LogP contribution in [0.4, 0.5) is 5.13 Å². The average Bonchev–Trinajstić information content (AvgIpc) is 2.79. The molecule has 0 saturated heterocycles. The van der Waals surface area contributed by atoms with E-state index in [9.17, 15) is 9.90 Å². The lowest BCUT2D eigenvalue weighted by molar-refractivity contribution is 0.102. The van der Waals surface area contributed by atoms with Gasteiger partial charge in [0.15, 0.2) is 5.13 Å². The van der Waals surface area contributed by atoms with E-state index in [-0.39, 0.29) is 11.3 Å². The summed E-state index contributed by atoms with van der Waals surface area (Å²) in [4.78, 5) is 16.5. The number of phenolic OH excluding ortho intramolecular Hbond substituents is 1. The second-order valence-electron chi connectivity index (χ2n) is 4.61. The van der Waals surface area contributed by atoms with Gasteiger partial charge in [0.25, 0.3) is 5.91 Å². The summed E-state index contributed by atoms with van der Waals surface area (Å²) in [6, 6.07) is 10.3. The minimum Gasteiger partial charge on any atom is -0.507 e. The van der Waals surface area contributed by atoms with E-state index in [0.29, 0.717) is 10.2 Å². The molecular weight excluding hydrogens is 308 g/mol. The number of hydrogen-bond donors (Lipinski definition) is 2. The monoisotopic (exact) mass is 318 g/mol. The molecule has 1 amide bonds. The number of carbonyl (C=O) groups is 1. The van der Waals surface area contributed by atoms with Crippen LogP contribution in [0.1, 0.15) is 15.9 Å². The van der Waals surface area contributed by atoms with Gasteiger partial charge in [-0.15, -0.1) is 0 Å². The molecule has 21 heavy (non-hydrogen) atoms. The topological polar surface area (TPSA) is 62.2 Å². The fourth-order valence-corrected chi connectivity index (χ4v) is 3.07. The minimum absolute atomic E-state index is 0.156. The van der Waals surface area contributed by atoms with Crippen molar-refractivity contribution in [2.24, 2.45) is 0 Å². The van der Waals surface area contributed by atoms with Crippen molar-refractivity contribution >= 4 is 44.2 Å². The molecule has 0 aliphatic heterocycles. The van der Waals surface area contributed by atoms with E-state index < -0.39 is 5.91 Å². The highest BCUT2D eigenvalue weighted by molar-refractivity contribution is 7.22. The van der Waals surface area contributed by atoms with Crippen LogP contribution in [0.2, 0.25) is 5.02 Å². The molecule has 0 saturated carbocycles. The third kappa shape index (κ3) is 2.84. The first kappa shape index (κ1) is 13.9. The summed E-state index contributed by atoms with van der Waals surface area (Å²) >= 11 is 7.14. The second kappa shape index (κ2) is 5.35. The van der Waals surface area contributed by atoms with Gasteiger partial charge in [0, 0.05) is 5.02 Å². The van der Waals surface area contributed by atoms with Crippen LogP contribution < -0.4 is 5.32 Å². The molecule has 0 fully saturated rings. The third-order valence-corrected chi connectivity index (χ3v) is 4.14. The second-order valence-corrected chi connectivity index (χ2v) is 6.07. The predicted octanol–water partition coefficient (Wildman–Crippen LogP) is 4.22. The van der Waals surface area contributed by atoms with Gasteiger partial charge in [0.1, 0.15) is 5.75 Å². The van der Waals surface area contributed by atoms with E-state index in [1.807, 2.05) is 25.1 Å². The van der Waals surface area contributed by atoms with Crippen molar-refractivity contribution in [3.8, 4) is 5.75 Å². The van der Waals surface area contributed by atoms with Crippen LogP contribution in [0.3, 0.4) is 0 Å². The quantitative estimate of drug-likeness (QED) is 0.743. The highest BCUT2D eigenvalue weighted by atomic mass is 35.5. The number of nitrogens with one attached hydrogen (secondary N) is 1. The number of hydrogen-bond acceptors (Lipinski definition) is 4. The van der Waals surface area contributed by atoms with Crippen molar-refractivity contribution in [2.75, 3.05) is 5.32 Å². The maximum atomic E-state index is 12.1. The van der Waals surface area contributed by atoms with Crippen LogP contribution in [-0.2, 0) is 0 Å². The number of fused-ring (bicyclic) bond motifs is 1. The Bertz CT molecular complexity index is 845. The lowest BCUT2D eigenvalue weighted by Crippen LogP contribution is -2.11. The number of benzene rings is 2. The van der Waals surface area contributed by atoms with Crippen LogP contribution >= 0.6 is 22.9 Å². The van der Waals surface area contributed by atoms with Crippen molar-refractivity contribution in [3.63, 3.8) is 0 Å². The van der Waals surface area contributed by atoms with Gasteiger partial charge in [0.2, 0.25) is 0 Å². The summed E-state index contributed by atoms with van der Waals surface area (Å²) in [5.41, 5.74) is 2.13. The van der Waals surface area contributed by atoms with Crippen LogP contribution in [-0.4, -0.2) is 16.0 Å². The number of halogens is 1. The highest BCUT2D eigenvalue weighted by Gasteiger charge is 2.14. The predicted molar refractivity (Wildman–Crippen MR) is 85.4 cm³/mol. The first-order chi connectivity index (χ1) is 10.0. The largest absolute Gasteiger partial charge is 0.507 e. The maximum absolute atomic E-state index is 12.1. The van der Waals surface area contributed by atoms with E-state index >= 15 is 0 Å². The number of carbonyl (C=O) groups excluding carboxylic acids is 1. The number of anilines is 1. The molecule has 3 aromatic rings. The molecule has 1 heterocycles.